The van der Waals surface area contributed by atoms with Crippen LogP contribution < -0.4 is 0 Å². The Bertz CT molecular complexity index is 203. The molecule has 1 aromatic rings. The minimum atomic E-state index is -0.987. The zero-order valence-corrected chi connectivity index (χ0v) is 7.12. The van der Waals surface area contributed by atoms with Crippen molar-refractivity contribution in [2.24, 2.45) is 0 Å². The molecule has 0 aliphatic rings. The molecule has 0 saturated heterocycles. The largest absolute Gasteiger partial charge is 0.204 e. The molecule has 0 nitrogen and oxygen atoms in total. The fourth-order valence-electron chi connectivity index (χ4n) is 0.477. The van der Waals surface area contributed by atoms with E-state index < -0.39 is 11.6 Å². The minimum Gasteiger partial charge on any atom is -0.204 e. The molecule has 11 heavy (non-hydrogen) atoms. The van der Waals surface area contributed by atoms with Crippen LogP contribution in [-0.2, 0) is 0 Å². The van der Waals surface area contributed by atoms with Gasteiger partial charge in [-0.2, -0.15) is 0 Å². The minimum absolute atomic E-state index is 0.185. The van der Waals surface area contributed by atoms with Gasteiger partial charge in [-0.05, 0) is 12.1 Å². The Labute approximate surface area is 69.8 Å². The lowest BCUT2D eigenvalue weighted by atomic mass is 10.3. The van der Waals surface area contributed by atoms with E-state index in [1.54, 1.807) is 0 Å². The molecule has 0 unspecified atom stereocenters. The highest BCUT2D eigenvalue weighted by Crippen LogP contribution is 2.15. The Morgan fingerprint density at radius 3 is 2.09 bits per heavy atom. The zero-order valence-electron chi connectivity index (χ0n) is 6.37. The van der Waals surface area contributed by atoms with Crippen LogP contribution in [0.3, 0.4) is 0 Å². The van der Waals surface area contributed by atoms with Crippen molar-refractivity contribution < 1.29 is 8.78 Å². The summed E-state index contributed by atoms with van der Waals surface area (Å²) in [6.07, 6.45) is 0. The summed E-state index contributed by atoms with van der Waals surface area (Å²) in [4.78, 5) is 0. The Hall–Kier alpha value is -0.630. The topological polar surface area (TPSA) is 0 Å². The number of rotatable bonds is 0. The molecule has 62 valence electrons. The average molecular weight is 179 g/mol. The highest BCUT2D eigenvalue weighted by atomic mass is 35.5. The van der Waals surface area contributed by atoms with Gasteiger partial charge in [0.25, 0.3) is 0 Å². The van der Waals surface area contributed by atoms with Gasteiger partial charge in [0.2, 0.25) is 0 Å². The fraction of sp³-hybridized carbons (Fsp3) is 0.250. The van der Waals surface area contributed by atoms with E-state index >= 15 is 0 Å². The lowest BCUT2D eigenvalue weighted by Crippen LogP contribution is -1.81. The molecule has 0 fully saturated rings. The second-order valence-corrected chi connectivity index (χ2v) is 1.94. The molecule has 3 heteroatoms. The molecular formula is C8H9ClF2. The van der Waals surface area contributed by atoms with Crippen LogP contribution in [0.25, 0.3) is 0 Å². The molecule has 0 radical (unpaired) electrons. The molecule has 0 aliphatic heterocycles. The Balaban J connectivity index is 0.000000461. The van der Waals surface area contributed by atoms with Crippen LogP contribution in [-0.4, -0.2) is 0 Å². The molecule has 0 amide bonds. The van der Waals surface area contributed by atoms with E-state index in [1.807, 2.05) is 13.8 Å². The van der Waals surface area contributed by atoms with Gasteiger partial charge in [-0.15, -0.1) is 0 Å². The summed E-state index contributed by atoms with van der Waals surface area (Å²) in [6, 6.07) is 3.65. The maximum absolute atomic E-state index is 12.2. The first kappa shape index (κ1) is 10.4. The molecule has 0 N–H and O–H groups in total. The van der Waals surface area contributed by atoms with Crippen LogP contribution in [0.1, 0.15) is 13.8 Å². The third kappa shape index (κ3) is 2.85. The molecule has 0 bridgehead atoms. The van der Waals surface area contributed by atoms with E-state index in [2.05, 4.69) is 0 Å². The van der Waals surface area contributed by atoms with Crippen LogP contribution in [0.5, 0.6) is 0 Å². The van der Waals surface area contributed by atoms with Gasteiger partial charge in [-0.25, -0.2) is 8.78 Å². The van der Waals surface area contributed by atoms with Gasteiger partial charge in [-0.1, -0.05) is 31.5 Å². The fourth-order valence-corrected chi connectivity index (χ4v) is 0.640. The van der Waals surface area contributed by atoms with Crippen molar-refractivity contribution in [1.29, 1.82) is 0 Å². The van der Waals surface area contributed by atoms with Crippen LogP contribution >= 0.6 is 11.6 Å². The van der Waals surface area contributed by atoms with Crippen molar-refractivity contribution in [2.75, 3.05) is 0 Å². The van der Waals surface area contributed by atoms with Gasteiger partial charge < -0.3 is 0 Å². The van der Waals surface area contributed by atoms with Gasteiger partial charge in [-0.3, -0.25) is 0 Å². The van der Waals surface area contributed by atoms with Gasteiger partial charge in [0.1, 0.15) is 0 Å². The number of halogens is 3. The van der Waals surface area contributed by atoms with Crippen molar-refractivity contribution >= 4 is 11.6 Å². The lowest BCUT2D eigenvalue weighted by Gasteiger charge is -1.91. The molecule has 0 heterocycles. The molecule has 1 aromatic carbocycles. The first-order valence-corrected chi connectivity index (χ1v) is 3.69. The van der Waals surface area contributed by atoms with Gasteiger partial charge in [0.15, 0.2) is 11.6 Å². The van der Waals surface area contributed by atoms with Crippen LogP contribution in [0.15, 0.2) is 18.2 Å². The molecule has 0 aromatic heterocycles. The van der Waals surface area contributed by atoms with Crippen molar-refractivity contribution in [3.05, 3.63) is 34.9 Å². The smallest absolute Gasteiger partial charge is 0.177 e. The van der Waals surface area contributed by atoms with E-state index in [0.29, 0.717) is 0 Å². The average Bonchev–Trinajstić information content (AvgIpc) is 2.04. The summed E-state index contributed by atoms with van der Waals surface area (Å²) >= 11 is 5.20. The Morgan fingerprint density at radius 2 is 1.73 bits per heavy atom. The zero-order chi connectivity index (χ0) is 8.85. The lowest BCUT2D eigenvalue weighted by molar-refractivity contribution is 0.509. The summed E-state index contributed by atoms with van der Waals surface area (Å²) in [7, 11) is 0. The summed E-state index contributed by atoms with van der Waals surface area (Å²) in [5.74, 6) is -1.90. The first-order valence-electron chi connectivity index (χ1n) is 3.31. The highest BCUT2D eigenvalue weighted by Gasteiger charge is 2.02. The molecule has 0 atom stereocenters. The predicted octanol–water partition coefficient (Wildman–Crippen LogP) is 3.64. The molecule has 0 aliphatic carbocycles. The summed E-state index contributed by atoms with van der Waals surface area (Å²) in [5.41, 5.74) is 0. The van der Waals surface area contributed by atoms with Crippen molar-refractivity contribution in [3.63, 3.8) is 0 Å². The quantitative estimate of drug-likeness (QED) is 0.532. The van der Waals surface area contributed by atoms with Crippen LogP contribution in [0.2, 0.25) is 5.02 Å². The van der Waals surface area contributed by atoms with Crippen molar-refractivity contribution in [3.8, 4) is 0 Å². The van der Waals surface area contributed by atoms with Gasteiger partial charge >= 0.3 is 0 Å². The number of benzene rings is 1. The Morgan fingerprint density at radius 1 is 1.18 bits per heavy atom. The predicted molar refractivity (Wildman–Crippen MR) is 42.7 cm³/mol. The number of hydrogen-bond acceptors (Lipinski definition) is 0. The van der Waals surface area contributed by atoms with E-state index in [0.717, 1.165) is 6.07 Å². The summed E-state index contributed by atoms with van der Waals surface area (Å²) in [5, 5.41) is -0.185. The summed E-state index contributed by atoms with van der Waals surface area (Å²) < 4.78 is 24.3. The third-order valence-electron chi connectivity index (χ3n) is 0.904. The van der Waals surface area contributed by atoms with E-state index in [1.165, 1.54) is 12.1 Å². The second-order valence-electron chi connectivity index (χ2n) is 1.54. The maximum Gasteiger partial charge on any atom is 0.177 e. The van der Waals surface area contributed by atoms with E-state index in [-0.39, 0.29) is 5.02 Å². The Kier molecular flexibility index (Phi) is 4.79. The molecule has 1 rings (SSSR count). The van der Waals surface area contributed by atoms with Crippen LogP contribution in [0, 0.1) is 11.6 Å². The van der Waals surface area contributed by atoms with E-state index in [4.69, 9.17) is 11.6 Å². The van der Waals surface area contributed by atoms with Crippen molar-refractivity contribution in [1.82, 2.24) is 0 Å². The maximum atomic E-state index is 12.2. The molecular weight excluding hydrogens is 170 g/mol. The summed E-state index contributed by atoms with van der Waals surface area (Å²) in [6.45, 7) is 4.00. The standard InChI is InChI=1S/C6H3ClF2.C2H6/c7-4-2-1-3-5(8)6(4)9;1-2/h1-3H;1-2H3. The molecule has 0 spiro atoms. The monoisotopic (exact) mass is 178 g/mol. The first-order chi connectivity index (χ1) is 5.22. The number of hydrogen-bond donors (Lipinski definition) is 0. The highest BCUT2D eigenvalue weighted by molar-refractivity contribution is 6.30. The van der Waals surface area contributed by atoms with Crippen LogP contribution in [0.4, 0.5) is 8.78 Å². The second kappa shape index (κ2) is 5.08. The van der Waals surface area contributed by atoms with Crippen molar-refractivity contribution in [2.45, 2.75) is 13.8 Å². The van der Waals surface area contributed by atoms with Gasteiger partial charge in [0.05, 0.1) is 5.02 Å². The normalized spacial score (nSPS) is 8.45. The third-order valence-corrected chi connectivity index (χ3v) is 1.20. The SMILES string of the molecule is CC.Fc1cccc(Cl)c1F. The van der Waals surface area contributed by atoms with Gasteiger partial charge in [0, 0.05) is 0 Å². The van der Waals surface area contributed by atoms with E-state index in [9.17, 15) is 8.78 Å². The molecule has 0 saturated carbocycles.